The summed E-state index contributed by atoms with van der Waals surface area (Å²) in [5, 5.41) is 4.08. The molecule has 1 aromatic carbocycles. The van der Waals surface area contributed by atoms with E-state index < -0.39 is 10.0 Å². The van der Waals surface area contributed by atoms with E-state index in [2.05, 4.69) is 44.2 Å². The third-order valence-corrected chi connectivity index (χ3v) is 4.97. The van der Waals surface area contributed by atoms with Crippen LogP contribution in [-0.2, 0) is 22.3 Å². The van der Waals surface area contributed by atoms with Gasteiger partial charge in [0, 0.05) is 31.3 Å². The zero-order chi connectivity index (χ0) is 19.2. The maximum absolute atomic E-state index is 11.2. The number of rotatable bonds is 8. The number of furan rings is 1. The van der Waals surface area contributed by atoms with E-state index in [9.17, 15) is 8.42 Å². The third-order valence-electron chi connectivity index (χ3n) is 3.42. The average molecular weight is 399 g/mol. The molecule has 1 aromatic heterocycles. The first kappa shape index (κ1) is 20.6. The number of aliphatic imine (C=N–C) groups is 1. The van der Waals surface area contributed by atoms with Gasteiger partial charge in [0.25, 0.3) is 0 Å². The van der Waals surface area contributed by atoms with Crippen molar-refractivity contribution in [2.75, 3.05) is 39.7 Å². The second kappa shape index (κ2) is 9.29. The molecule has 2 aromatic rings. The minimum atomic E-state index is -3.32. The Balaban J connectivity index is 1.80. The SMILES string of the molecule is C/N=C(/NCCSCc1cc2ccc(CN(C)C)cc2o1)NS(C)(=O)=O. The monoisotopic (exact) mass is 398 g/mol. The molecule has 0 unspecified atom stereocenters. The van der Waals surface area contributed by atoms with Gasteiger partial charge in [0.1, 0.15) is 11.3 Å². The smallest absolute Gasteiger partial charge is 0.232 e. The lowest BCUT2D eigenvalue weighted by Crippen LogP contribution is -2.41. The molecule has 0 aliphatic rings. The first-order chi connectivity index (χ1) is 12.3. The third kappa shape index (κ3) is 6.89. The fourth-order valence-electron chi connectivity index (χ4n) is 2.42. The molecule has 144 valence electrons. The summed E-state index contributed by atoms with van der Waals surface area (Å²) in [5.74, 6) is 2.75. The molecular weight excluding hydrogens is 372 g/mol. The number of nitrogens with zero attached hydrogens (tertiary/aromatic N) is 2. The van der Waals surface area contributed by atoms with Gasteiger partial charge in [0.05, 0.1) is 12.0 Å². The van der Waals surface area contributed by atoms with Gasteiger partial charge in [-0.2, -0.15) is 11.8 Å². The van der Waals surface area contributed by atoms with Gasteiger partial charge >= 0.3 is 0 Å². The van der Waals surface area contributed by atoms with Crippen LogP contribution in [0.1, 0.15) is 11.3 Å². The number of hydrogen-bond donors (Lipinski definition) is 2. The first-order valence-corrected chi connectivity index (χ1v) is 11.2. The van der Waals surface area contributed by atoms with Crippen LogP contribution in [0.2, 0.25) is 0 Å². The minimum Gasteiger partial charge on any atom is -0.460 e. The van der Waals surface area contributed by atoms with E-state index in [1.54, 1.807) is 11.8 Å². The summed E-state index contributed by atoms with van der Waals surface area (Å²) in [6.07, 6.45) is 1.10. The van der Waals surface area contributed by atoms with E-state index in [0.29, 0.717) is 6.54 Å². The first-order valence-electron chi connectivity index (χ1n) is 8.19. The Kier molecular flexibility index (Phi) is 7.36. The Morgan fingerprint density at radius 2 is 2.08 bits per heavy atom. The van der Waals surface area contributed by atoms with Crippen molar-refractivity contribution >= 4 is 38.7 Å². The molecule has 0 radical (unpaired) electrons. The quantitative estimate of drug-likeness (QED) is 0.401. The lowest BCUT2D eigenvalue weighted by Gasteiger charge is -2.09. The summed E-state index contributed by atoms with van der Waals surface area (Å²) in [7, 11) is 2.31. The average Bonchev–Trinajstić information content (AvgIpc) is 2.93. The van der Waals surface area contributed by atoms with Gasteiger partial charge in [-0.15, -0.1) is 0 Å². The van der Waals surface area contributed by atoms with Crippen LogP contribution in [0.4, 0.5) is 0 Å². The molecule has 0 spiro atoms. The summed E-state index contributed by atoms with van der Waals surface area (Å²) in [5.41, 5.74) is 2.14. The second-order valence-electron chi connectivity index (χ2n) is 6.25. The van der Waals surface area contributed by atoms with Gasteiger partial charge in [0.15, 0.2) is 0 Å². The number of sulfonamides is 1. The van der Waals surface area contributed by atoms with Crippen LogP contribution in [0, 0.1) is 0 Å². The molecule has 9 heteroatoms. The zero-order valence-electron chi connectivity index (χ0n) is 15.6. The topological polar surface area (TPSA) is 86.9 Å². The number of fused-ring (bicyclic) bond motifs is 1. The van der Waals surface area contributed by atoms with Gasteiger partial charge < -0.3 is 14.6 Å². The van der Waals surface area contributed by atoms with Gasteiger partial charge in [-0.05, 0) is 31.8 Å². The molecule has 0 fully saturated rings. The number of thioether (sulfide) groups is 1. The van der Waals surface area contributed by atoms with Crippen molar-refractivity contribution in [3.05, 3.63) is 35.6 Å². The van der Waals surface area contributed by atoms with Crippen molar-refractivity contribution < 1.29 is 12.8 Å². The molecule has 0 aliphatic heterocycles. The van der Waals surface area contributed by atoms with Crippen LogP contribution in [-0.4, -0.2) is 59.0 Å². The van der Waals surface area contributed by atoms with Crippen molar-refractivity contribution in [1.29, 1.82) is 0 Å². The van der Waals surface area contributed by atoms with E-state index in [0.717, 1.165) is 41.0 Å². The number of hydrogen-bond acceptors (Lipinski definition) is 6. The zero-order valence-corrected chi connectivity index (χ0v) is 17.2. The van der Waals surface area contributed by atoms with E-state index in [4.69, 9.17) is 4.42 Å². The van der Waals surface area contributed by atoms with Crippen LogP contribution in [0.15, 0.2) is 33.7 Å². The van der Waals surface area contributed by atoms with Gasteiger partial charge in [-0.25, -0.2) is 8.42 Å². The van der Waals surface area contributed by atoms with Gasteiger partial charge in [0.2, 0.25) is 16.0 Å². The summed E-state index contributed by atoms with van der Waals surface area (Å²) in [6.45, 7) is 1.49. The molecule has 2 rings (SSSR count). The number of benzene rings is 1. The van der Waals surface area contributed by atoms with Crippen LogP contribution in [0.5, 0.6) is 0 Å². The Bertz CT molecular complexity index is 860. The van der Waals surface area contributed by atoms with E-state index >= 15 is 0 Å². The molecule has 7 nitrogen and oxygen atoms in total. The summed E-state index contributed by atoms with van der Waals surface area (Å²) in [6, 6.07) is 8.37. The van der Waals surface area contributed by atoms with Gasteiger partial charge in [-0.3, -0.25) is 9.71 Å². The molecule has 2 N–H and O–H groups in total. The summed E-state index contributed by atoms with van der Waals surface area (Å²) in [4.78, 5) is 6.00. The number of nitrogens with one attached hydrogen (secondary N) is 2. The largest absolute Gasteiger partial charge is 0.460 e. The summed E-state index contributed by atoms with van der Waals surface area (Å²) >= 11 is 1.71. The molecule has 26 heavy (non-hydrogen) atoms. The van der Waals surface area contributed by atoms with E-state index in [-0.39, 0.29) is 5.96 Å². The molecule has 0 atom stereocenters. The Morgan fingerprint density at radius 1 is 1.31 bits per heavy atom. The molecule has 0 saturated heterocycles. The minimum absolute atomic E-state index is 0.255. The van der Waals surface area contributed by atoms with Crippen molar-refractivity contribution in [2.45, 2.75) is 12.3 Å². The fourth-order valence-corrected chi connectivity index (χ4v) is 3.66. The highest BCUT2D eigenvalue weighted by Crippen LogP contribution is 2.24. The van der Waals surface area contributed by atoms with Crippen molar-refractivity contribution in [3.63, 3.8) is 0 Å². The maximum Gasteiger partial charge on any atom is 0.232 e. The van der Waals surface area contributed by atoms with Crippen LogP contribution in [0.25, 0.3) is 11.0 Å². The second-order valence-corrected chi connectivity index (χ2v) is 9.10. The predicted octanol–water partition coefficient (Wildman–Crippen LogP) is 1.85. The molecule has 1 heterocycles. The van der Waals surface area contributed by atoms with E-state index in [1.807, 2.05) is 14.1 Å². The molecule has 0 bridgehead atoms. The van der Waals surface area contributed by atoms with Crippen LogP contribution >= 0.6 is 11.8 Å². The molecule has 0 aliphatic carbocycles. The number of guanidine groups is 1. The fraction of sp³-hybridized carbons (Fsp3) is 0.471. The molecular formula is C17H26N4O3S2. The lowest BCUT2D eigenvalue weighted by molar-refractivity contribution is 0.402. The highest BCUT2D eigenvalue weighted by molar-refractivity contribution is 7.98. The Labute approximate surface area is 159 Å². The Hall–Kier alpha value is -1.71. The summed E-state index contributed by atoms with van der Waals surface area (Å²) < 4.78 is 30.6. The van der Waals surface area contributed by atoms with Gasteiger partial charge in [-0.1, -0.05) is 12.1 Å². The van der Waals surface area contributed by atoms with Crippen LogP contribution in [0.3, 0.4) is 0 Å². The lowest BCUT2D eigenvalue weighted by atomic mass is 10.1. The standard InChI is InChI=1S/C17H26N4O3S2/c1-18-17(20-26(4,22)23)19-7-8-25-12-15-10-14-6-5-13(11-21(2)3)9-16(14)24-15/h5-6,9-10H,7-8,11-12H2,1-4H3,(H2,18,19,20). The van der Waals surface area contributed by atoms with Crippen molar-refractivity contribution in [2.24, 2.45) is 4.99 Å². The maximum atomic E-state index is 11.2. The Morgan fingerprint density at radius 3 is 2.73 bits per heavy atom. The molecule has 0 amide bonds. The molecule has 0 saturated carbocycles. The highest BCUT2D eigenvalue weighted by atomic mass is 32.2. The van der Waals surface area contributed by atoms with Crippen molar-refractivity contribution in [1.82, 2.24) is 14.9 Å². The van der Waals surface area contributed by atoms with Crippen molar-refractivity contribution in [3.8, 4) is 0 Å². The van der Waals surface area contributed by atoms with E-state index in [1.165, 1.54) is 12.6 Å². The highest BCUT2D eigenvalue weighted by Gasteiger charge is 2.07. The van der Waals surface area contributed by atoms with Crippen LogP contribution < -0.4 is 10.0 Å². The normalized spacial score (nSPS) is 12.7. The predicted molar refractivity (Wildman–Crippen MR) is 109 cm³/mol.